The minimum atomic E-state index is -0.0942. The Bertz CT molecular complexity index is 509. The summed E-state index contributed by atoms with van der Waals surface area (Å²) in [6.45, 7) is 0.236. The molecule has 2 atom stereocenters. The minimum absolute atomic E-state index is 0.0413. The molecule has 2 unspecified atom stereocenters. The highest BCUT2D eigenvalue weighted by Crippen LogP contribution is 2.40. The van der Waals surface area contributed by atoms with E-state index in [1.807, 2.05) is 0 Å². The molecule has 0 bridgehead atoms. The number of hydrazine groups is 1. The van der Waals surface area contributed by atoms with Crippen LogP contribution in [0.4, 0.5) is 5.82 Å². The fraction of sp³-hybridized carbons (Fsp3) is 0.462. The van der Waals surface area contributed by atoms with Gasteiger partial charge in [0.1, 0.15) is 5.82 Å². The number of hydrogen-bond donors (Lipinski definition) is 2. The van der Waals surface area contributed by atoms with Crippen LogP contribution in [0.3, 0.4) is 0 Å². The number of amides is 2. The molecule has 1 aliphatic carbocycles. The molecule has 1 saturated heterocycles. The number of nitrogens with one attached hydrogen (secondary N) is 1. The molecule has 2 heterocycles. The topological polar surface area (TPSA) is 88.3 Å². The number of aromatic nitrogens is 1. The van der Waals surface area contributed by atoms with E-state index in [4.69, 9.17) is 5.84 Å². The van der Waals surface area contributed by atoms with Crippen molar-refractivity contribution in [3.8, 4) is 0 Å². The summed E-state index contributed by atoms with van der Waals surface area (Å²) in [4.78, 5) is 30.0. The van der Waals surface area contributed by atoms with Crippen LogP contribution in [0.1, 0.15) is 25.0 Å². The Kier molecular flexibility index (Phi) is 2.94. The van der Waals surface area contributed by atoms with Crippen molar-refractivity contribution < 1.29 is 9.59 Å². The Morgan fingerprint density at radius 1 is 1.26 bits per heavy atom. The van der Waals surface area contributed by atoms with Crippen molar-refractivity contribution in [2.45, 2.75) is 25.8 Å². The first-order valence-electron chi connectivity index (χ1n) is 6.48. The molecule has 1 aliphatic heterocycles. The Labute approximate surface area is 111 Å². The third-order valence-corrected chi connectivity index (χ3v) is 3.96. The molecule has 1 aromatic heterocycles. The van der Waals surface area contributed by atoms with E-state index in [1.165, 1.54) is 4.90 Å². The van der Waals surface area contributed by atoms with Crippen molar-refractivity contribution >= 4 is 17.6 Å². The fourth-order valence-electron chi connectivity index (χ4n) is 3.03. The van der Waals surface area contributed by atoms with Gasteiger partial charge in [-0.05, 0) is 25.0 Å². The lowest BCUT2D eigenvalue weighted by molar-refractivity contribution is -0.141. The van der Waals surface area contributed by atoms with Crippen LogP contribution in [0, 0.1) is 11.8 Å². The smallest absolute Gasteiger partial charge is 0.233 e. The van der Waals surface area contributed by atoms with E-state index in [0.717, 1.165) is 19.3 Å². The van der Waals surface area contributed by atoms with Gasteiger partial charge in [0.05, 0.1) is 24.1 Å². The van der Waals surface area contributed by atoms with Gasteiger partial charge in [-0.15, -0.1) is 0 Å². The molecule has 6 heteroatoms. The lowest BCUT2D eigenvalue weighted by Gasteiger charge is -2.15. The number of imide groups is 1. The molecule has 3 N–H and O–H groups in total. The van der Waals surface area contributed by atoms with E-state index in [0.29, 0.717) is 11.5 Å². The van der Waals surface area contributed by atoms with Gasteiger partial charge in [0.25, 0.3) is 0 Å². The lowest BCUT2D eigenvalue weighted by Crippen LogP contribution is -2.31. The van der Waals surface area contributed by atoms with E-state index in [1.54, 1.807) is 18.2 Å². The second-order valence-corrected chi connectivity index (χ2v) is 5.07. The third kappa shape index (κ3) is 1.98. The first-order chi connectivity index (χ1) is 9.20. The number of nitrogen functional groups attached to an aromatic ring is 1. The maximum absolute atomic E-state index is 12.2. The monoisotopic (exact) mass is 260 g/mol. The molecule has 2 amide bonds. The van der Waals surface area contributed by atoms with E-state index < -0.39 is 0 Å². The van der Waals surface area contributed by atoms with Crippen molar-refractivity contribution in [3.63, 3.8) is 0 Å². The number of carbonyl (C=O) groups excluding carboxylic acids is 2. The number of nitrogens with zero attached hydrogens (tertiary/aromatic N) is 2. The Morgan fingerprint density at radius 3 is 2.58 bits per heavy atom. The predicted octanol–water partition coefficient (Wildman–Crippen LogP) is 0.652. The summed E-state index contributed by atoms with van der Waals surface area (Å²) >= 11 is 0. The van der Waals surface area contributed by atoms with Gasteiger partial charge in [-0.25, -0.2) is 10.8 Å². The predicted molar refractivity (Wildman–Crippen MR) is 68.4 cm³/mol. The number of hydrogen-bond acceptors (Lipinski definition) is 5. The molecule has 19 heavy (non-hydrogen) atoms. The standard InChI is InChI=1S/C13H16N4O2/c14-16-11-6-1-3-8(15-11)7-17-12(18)9-4-2-5-10(9)13(17)19/h1,3,6,9-10H,2,4-5,7,14H2,(H,15,16). The Hall–Kier alpha value is -1.95. The molecule has 0 radical (unpaired) electrons. The summed E-state index contributed by atoms with van der Waals surface area (Å²) in [6.07, 6.45) is 2.65. The summed E-state index contributed by atoms with van der Waals surface area (Å²) in [7, 11) is 0. The quantitative estimate of drug-likeness (QED) is 0.473. The average Bonchev–Trinajstić information content (AvgIpc) is 2.99. The molecule has 0 spiro atoms. The number of anilines is 1. The molecule has 2 fully saturated rings. The van der Waals surface area contributed by atoms with Gasteiger partial charge in [-0.2, -0.15) is 0 Å². The zero-order valence-corrected chi connectivity index (χ0v) is 10.5. The highest BCUT2D eigenvalue weighted by Gasteiger charge is 2.49. The molecule has 6 nitrogen and oxygen atoms in total. The van der Waals surface area contributed by atoms with E-state index >= 15 is 0 Å². The van der Waals surface area contributed by atoms with Gasteiger partial charge < -0.3 is 5.43 Å². The van der Waals surface area contributed by atoms with Crippen LogP contribution in [-0.4, -0.2) is 21.7 Å². The first-order valence-corrected chi connectivity index (χ1v) is 6.48. The van der Waals surface area contributed by atoms with Crippen LogP contribution in [0.2, 0.25) is 0 Å². The van der Waals surface area contributed by atoms with Crippen LogP contribution >= 0.6 is 0 Å². The largest absolute Gasteiger partial charge is 0.308 e. The van der Waals surface area contributed by atoms with Crippen LogP contribution in [0.25, 0.3) is 0 Å². The van der Waals surface area contributed by atoms with Crippen molar-refractivity contribution in [1.82, 2.24) is 9.88 Å². The van der Waals surface area contributed by atoms with Crippen LogP contribution in [-0.2, 0) is 16.1 Å². The van der Waals surface area contributed by atoms with Crippen molar-refractivity contribution in [2.75, 3.05) is 5.43 Å². The van der Waals surface area contributed by atoms with E-state index in [-0.39, 0.29) is 30.2 Å². The minimum Gasteiger partial charge on any atom is -0.308 e. The van der Waals surface area contributed by atoms with Gasteiger partial charge in [-0.3, -0.25) is 14.5 Å². The van der Waals surface area contributed by atoms with Gasteiger partial charge in [0.2, 0.25) is 11.8 Å². The van der Waals surface area contributed by atoms with Crippen molar-refractivity contribution in [2.24, 2.45) is 17.7 Å². The zero-order valence-electron chi connectivity index (χ0n) is 10.5. The van der Waals surface area contributed by atoms with Gasteiger partial charge in [0, 0.05) is 0 Å². The summed E-state index contributed by atoms with van der Waals surface area (Å²) in [5.74, 6) is 5.55. The average molecular weight is 260 g/mol. The van der Waals surface area contributed by atoms with Gasteiger partial charge >= 0.3 is 0 Å². The Balaban J connectivity index is 1.79. The Morgan fingerprint density at radius 2 is 1.95 bits per heavy atom. The van der Waals surface area contributed by atoms with Gasteiger partial charge in [-0.1, -0.05) is 12.5 Å². The number of pyridine rings is 1. The van der Waals surface area contributed by atoms with Gasteiger partial charge in [0.15, 0.2) is 0 Å². The molecule has 1 saturated carbocycles. The molecule has 1 aromatic rings. The SMILES string of the molecule is NNc1cccc(CN2C(=O)C3CCCC3C2=O)n1. The number of fused-ring (bicyclic) bond motifs is 1. The maximum Gasteiger partial charge on any atom is 0.233 e. The highest BCUT2D eigenvalue weighted by atomic mass is 16.2. The van der Waals surface area contributed by atoms with E-state index in [2.05, 4.69) is 10.4 Å². The maximum atomic E-state index is 12.2. The molecule has 3 rings (SSSR count). The number of likely N-dealkylation sites (tertiary alicyclic amines) is 1. The second kappa shape index (κ2) is 4.62. The second-order valence-electron chi connectivity index (χ2n) is 5.07. The number of rotatable bonds is 3. The summed E-state index contributed by atoms with van der Waals surface area (Å²) in [5, 5.41) is 0. The number of nitrogens with two attached hydrogens (primary N) is 1. The third-order valence-electron chi connectivity index (χ3n) is 3.96. The molecular weight excluding hydrogens is 244 g/mol. The highest BCUT2D eigenvalue weighted by molar-refractivity contribution is 6.05. The first kappa shape index (κ1) is 12.1. The molecular formula is C13H16N4O2. The number of carbonyl (C=O) groups is 2. The summed E-state index contributed by atoms with van der Waals surface area (Å²) in [5.41, 5.74) is 3.12. The van der Waals surface area contributed by atoms with Crippen LogP contribution < -0.4 is 11.3 Å². The normalized spacial score (nSPS) is 25.8. The summed E-state index contributed by atoms with van der Waals surface area (Å²) in [6, 6.07) is 5.31. The van der Waals surface area contributed by atoms with Crippen LogP contribution in [0.15, 0.2) is 18.2 Å². The van der Waals surface area contributed by atoms with Crippen molar-refractivity contribution in [1.29, 1.82) is 0 Å². The zero-order chi connectivity index (χ0) is 13.4. The summed E-state index contributed by atoms with van der Waals surface area (Å²) < 4.78 is 0. The molecule has 100 valence electrons. The van der Waals surface area contributed by atoms with E-state index in [9.17, 15) is 9.59 Å². The molecule has 2 aliphatic rings. The van der Waals surface area contributed by atoms with Crippen LogP contribution in [0.5, 0.6) is 0 Å². The van der Waals surface area contributed by atoms with Crippen molar-refractivity contribution in [3.05, 3.63) is 23.9 Å². The molecule has 0 aromatic carbocycles. The fourth-order valence-corrected chi connectivity index (χ4v) is 3.03. The lowest BCUT2D eigenvalue weighted by atomic mass is 10.00.